The Morgan fingerprint density at radius 2 is 1.85 bits per heavy atom. The first-order chi connectivity index (χ1) is 9.44. The van der Waals surface area contributed by atoms with Crippen molar-refractivity contribution in [3.8, 4) is 0 Å². The highest BCUT2D eigenvalue weighted by atomic mass is 35.5. The fourth-order valence-corrected chi connectivity index (χ4v) is 3.47. The summed E-state index contributed by atoms with van der Waals surface area (Å²) in [6.07, 6.45) is 0.759. The summed E-state index contributed by atoms with van der Waals surface area (Å²) in [4.78, 5) is 0.162. The SMILES string of the molecule is CCc1cccc(C)c1NS(=O)(=O)c1cccc(Cl)c1. The lowest BCUT2D eigenvalue weighted by molar-refractivity contribution is 0.601. The van der Waals surface area contributed by atoms with E-state index >= 15 is 0 Å². The van der Waals surface area contributed by atoms with Gasteiger partial charge in [0.1, 0.15) is 0 Å². The Hall–Kier alpha value is -1.52. The molecular formula is C15H16ClNO2S. The van der Waals surface area contributed by atoms with Gasteiger partial charge in [0.2, 0.25) is 0 Å². The molecule has 0 atom stereocenters. The van der Waals surface area contributed by atoms with E-state index in [1.165, 1.54) is 12.1 Å². The quantitative estimate of drug-likeness (QED) is 0.927. The second-order valence-corrected chi connectivity index (χ2v) is 6.64. The minimum Gasteiger partial charge on any atom is -0.279 e. The molecule has 0 saturated heterocycles. The Labute approximate surface area is 124 Å². The molecule has 5 heteroatoms. The van der Waals surface area contributed by atoms with Gasteiger partial charge in [0.05, 0.1) is 10.6 Å². The molecule has 0 aliphatic rings. The van der Waals surface area contributed by atoms with Crippen LogP contribution in [0.15, 0.2) is 47.4 Å². The Bertz CT molecular complexity index is 726. The zero-order chi connectivity index (χ0) is 14.8. The van der Waals surface area contributed by atoms with Gasteiger partial charge in [-0.1, -0.05) is 42.8 Å². The third-order valence-corrected chi connectivity index (χ3v) is 4.67. The number of anilines is 1. The first-order valence-corrected chi connectivity index (χ1v) is 8.17. The zero-order valence-corrected chi connectivity index (χ0v) is 12.9. The molecule has 3 nitrogen and oxygen atoms in total. The van der Waals surface area contributed by atoms with Crippen LogP contribution in [0.2, 0.25) is 5.02 Å². The Kier molecular flexibility index (Phi) is 4.35. The van der Waals surface area contributed by atoms with Crippen molar-refractivity contribution in [1.82, 2.24) is 0 Å². The van der Waals surface area contributed by atoms with Crippen LogP contribution >= 0.6 is 11.6 Å². The van der Waals surface area contributed by atoms with E-state index in [0.717, 1.165) is 17.5 Å². The number of halogens is 1. The largest absolute Gasteiger partial charge is 0.279 e. The number of sulfonamides is 1. The minimum atomic E-state index is -3.63. The van der Waals surface area contributed by atoms with Crippen molar-refractivity contribution in [3.63, 3.8) is 0 Å². The van der Waals surface area contributed by atoms with Crippen molar-refractivity contribution in [2.75, 3.05) is 4.72 Å². The second-order valence-electron chi connectivity index (χ2n) is 4.53. The number of aryl methyl sites for hydroxylation is 2. The maximum atomic E-state index is 12.4. The fourth-order valence-electron chi connectivity index (χ4n) is 2.00. The summed E-state index contributed by atoms with van der Waals surface area (Å²) < 4.78 is 27.5. The van der Waals surface area contributed by atoms with Crippen molar-refractivity contribution >= 4 is 27.3 Å². The molecule has 0 radical (unpaired) electrons. The molecule has 2 aromatic rings. The van der Waals surface area contributed by atoms with Crippen LogP contribution in [0.1, 0.15) is 18.1 Å². The summed E-state index contributed by atoms with van der Waals surface area (Å²) in [5.41, 5.74) is 2.51. The number of hydrogen-bond acceptors (Lipinski definition) is 2. The highest BCUT2D eigenvalue weighted by Gasteiger charge is 2.17. The molecule has 0 amide bonds. The van der Waals surface area contributed by atoms with Gasteiger partial charge in [-0.05, 0) is 42.7 Å². The van der Waals surface area contributed by atoms with Gasteiger partial charge in [0.25, 0.3) is 10.0 Å². The fraction of sp³-hybridized carbons (Fsp3) is 0.200. The molecule has 0 unspecified atom stereocenters. The second kappa shape index (κ2) is 5.85. The van der Waals surface area contributed by atoms with Crippen molar-refractivity contribution in [2.24, 2.45) is 0 Å². The molecule has 0 aliphatic carbocycles. The van der Waals surface area contributed by atoms with Crippen molar-refractivity contribution < 1.29 is 8.42 Å². The predicted molar refractivity (Wildman–Crippen MR) is 82.8 cm³/mol. The number of rotatable bonds is 4. The van der Waals surface area contributed by atoms with Gasteiger partial charge < -0.3 is 0 Å². The van der Waals surface area contributed by atoms with E-state index in [2.05, 4.69) is 4.72 Å². The van der Waals surface area contributed by atoms with Crippen LogP contribution in [0.4, 0.5) is 5.69 Å². The Morgan fingerprint density at radius 3 is 2.50 bits per heavy atom. The van der Waals surface area contributed by atoms with Gasteiger partial charge in [-0.15, -0.1) is 0 Å². The standard InChI is InChI=1S/C15H16ClNO2S/c1-3-12-7-4-6-11(2)15(12)17-20(18,19)14-9-5-8-13(16)10-14/h4-10,17H,3H2,1-2H3. The minimum absolute atomic E-state index is 0.162. The molecule has 0 aliphatic heterocycles. The molecule has 0 fully saturated rings. The molecule has 0 bridgehead atoms. The van der Waals surface area contributed by atoms with E-state index in [1.807, 2.05) is 32.0 Å². The topological polar surface area (TPSA) is 46.2 Å². The van der Waals surface area contributed by atoms with E-state index in [-0.39, 0.29) is 4.90 Å². The third-order valence-electron chi connectivity index (χ3n) is 3.08. The van der Waals surface area contributed by atoms with Crippen LogP contribution in [0.3, 0.4) is 0 Å². The van der Waals surface area contributed by atoms with Crippen LogP contribution in [-0.4, -0.2) is 8.42 Å². The first kappa shape index (κ1) is 14.9. The summed E-state index contributed by atoms with van der Waals surface area (Å²) in [7, 11) is -3.63. The lowest BCUT2D eigenvalue weighted by Crippen LogP contribution is -2.15. The first-order valence-electron chi connectivity index (χ1n) is 6.31. The van der Waals surface area contributed by atoms with E-state index in [9.17, 15) is 8.42 Å². The normalized spacial score (nSPS) is 11.3. The van der Waals surface area contributed by atoms with Gasteiger partial charge >= 0.3 is 0 Å². The van der Waals surface area contributed by atoms with Crippen molar-refractivity contribution in [2.45, 2.75) is 25.2 Å². The molecule has 1 N–H and O–H groups in total. The summed E-state index contributed by atoms with van der Waals surface area (Å²) in [5.74, 6) is 0. The van der Waals surface area contributed by atoms with Crippen molar-refractivity contribution in [3.05, 3.63) is 58.6 Å². The van der Waals surface area contributed by atoms with Gasteiger partial charge in [0.15, 0.2) is 0 Å². The third kappa shape index (κ3) is 3.14. The summed E-state index contributed by atoms with van der Waals surface area (Å²) in [6, 6.07) is 12.0. The van der Waals surface area contributed by atoms with E-state index < -0.39 is 10.0 Å². The Morgan fingerprint density at radius 1 is 1.15 bits per heavy atom. The zero-order valence-electron chi connectivity index (χ0n) is 11.4. The molecule has 0 aromatic heterocycles. The number of para-hydroxylation sites is 1. The number of benzene rings is 2. The number of hydrogen-bond donors (Lipinski definition) is 1. The summed E-state index contributed by atoms with van der Waals surface area (Å²) >= 11 is 5.85. The van der Waals surface area contributed by atoms with Crippen LogP contribution in [0.5, 0.6) is 0 Å². The molecule has 0 saturated carbocycles. The summed E-state index contributed by atoms with van der Waals surface area (Å²) in [6.45, 7) is 3.88. The van der Waals surface area contributed by atoms with Gasteiger partial charge in [-0.3, -0.25) is 4.72 Å². The molecule has 20 heavy (non-hydrogen) atoms. The van der Waals surface area contributed by atoms with Gasteiger partial charge in [-0.25, -0.2) is 8.42 Å². The van der Waals surface area contributed by atoms with E-state index in [0.29, 0.717) is 10.7 Å². The smallest absolute Gasteiger partial charge is 0.261 e. The number of nitrogens with one attached hydrogen (secondary N) is 1. The lowest BCUT2D eigenvalue weighted by atomic mass is 10.1. The Balaban J connectivity index is 2.44. The van der Waals surface area contributed by atoms with Crippen LogP contribution in [-0.2, 0) is 16.4 Å². The average Bonchev–Trinajstić information content (AvgIpc) is 2.41. The van der Waals surface area contributed by atoms with Crippen LogP contribution in [0, 0.1) is 6.92 Å². The maximum Gasteiger partial charge on any atom is 0.261 e. The maximum absolute atomic E-state index is 12.4. The molecular weight excluding hydrogens is 294 g/mol. The average molecular weight is 310 g/mol. The predicted octanol–water partition coefficient (Wildman–Crippen LogP) is 4.01. The van der Waals surface area contributed by atoms with Gasteiger partial charge in [-0.2, -0.15) is 0 Å². The molecule has 0 heterocycles. The van der Waals surface area contributed by atoms with E-state index in [4.69, 9.17) is 11.6 Å². The van der Waals surface area contributed by atoms with E-state index in [1.54, 1.807) is 12.1 Å². The molecule has 2 rings (SSSR count). The van der Waals surface area contributed by atoms with Gasteiger partial charge in [0, 0.05) is 5.02 Å². The van der Waals surface area contributed by atoms with Crippen LogP contribution < -0.4 is 4.72 Å². The summed E-state index contributed by atoms with van der Waals surface area (Å²) in [5, 5.41) is 0.397. The van der Waals surface area contributed by atoms with Crippen LogP contribution in [0.25, 0.3) is 0 Å². The van der Waals surface area contributed by atoms with Crippen molar-refractivity contribution in [1.29, 1.82) is 0 Å². The monoisotopic (exact) mass is 309 g/mol. The highest BCUT2D eigenvalue weighted by Crippen LogP contribution is 2.25. The molecule has 106 valence electrons. The highest BCUT2D eigenvalue weighted by molar-refractivity contribution is 7.92. The molecule has 0 spiro atoms. The molecule has 2 aromatic carbocycles. The lowest BCUT2D eigenvalue weighted by Gasteiger charge is -2.14.